The normalized spacial score (nSPS) is 20.0. The first-order valence-corrected chi connectivity index (χ1v) is 13.7. The molecule has 1 spiro atoms. The summed E-state index contributed by atoms with van der Waals surface area (Å²) in [4.78, 5) is 30.4. The Labute approximate surface area is 214 Å². The molecule has 2 amide bonds. The van der Waals surface area contributed by atoms with E-state index >= 15 is 0 Å². The molecule has 0 bridgehead atoms. The molecule has 36 heavy (non-hydrogen) atoms. The quantitative estimate of drug-likeness (QED) is 0.577. The number of ether oxygens (including phenoxy) is 1. The lowest BCUT2D eigenvalue weighted by Gasteiger charge is -2.53. The van der Waals surface area contributed by atoms with E-state index in [1.807, 2.05) is 11.8 Å². The van der Waals surface area contributed by atoms with Crippen molar-refractivity contribution in [2.45, 2.75) is 83.2 Å². The Bertz CT molecular complexity index is 1110. The monoisotopic (exact) mass is 492 g/mol. The van der Waals surface area contributed by atoms with Gasteiger partial charge in [-0.15, -0.1) is 0 Å². The van der Waals surface area contributed by atoms with Gasteiger partial charge in [-0.05, 0) is 76.3 Å². The number of hydrogen-bond donors (Lipinski definition) is 1. The second kappa shape index (κ2) is 9.83. The van der Waals surface area contributed by atoms with Gasteiger partial charge in [-0.1, -0.05) is 25.3 Å². The maximum Gasteiger partial charge on any atom is 0.317 e. The van der Waals surface area contributed by atoms with Crippen molar-refractivity contribution >= 4 is 17.7 Å². The predicted molar refractivity (Wildman–Crippen MR) is 142 cm³/mol. The van der Waals surface area contributed by atoms with Crippen LogP contribution < -0.4 is 10.2 Å². The molecule has 5 rings (SSSR count). The van der Waals surface area contributed by atoms with Crippen molar-refractivity contribution < 1.29 is 14.3 Å². The number of fused-ring (bicyclic) bond motifs is 4. The van der Waals surface area contributed by atoms with Crippen molar-refractivity contribution in [3.63, 3.8) is 0 Å². The Morgan fingerprint density at radius 3 is 2.44 bits per heavy atom. The highest BCUT2D eigenvalue weighted by atomic mass is 16.5. The smallest absolute Gasteiger partial charge is 0.317 e. The van der Waals surface area contributed by atoms with Crippen LogP contribution in [-0.2, 0) is 15.1 Å². The van der Waals surface area contributed by atoms with E-state index in [0.29, 0.717) is 19.7 Å². The van der Waals surface area contributed by atoms with Gasteiger partial charge in [0.25, 0.3) is 0 Å². The number of hydrogen-bond acceptors (Lipinski definition) is 4. The van der Waals surface area contributed by atoms with Crippen LogP contribution in [0.3, 0.4) is 0 Å². The molecule has 2 aliphatic heterocycles. The molecule has 2 aromatic rings. The first-order chi connectivity index (χ1) is 17.4. The summed E-state index contributed by atoms with van der Waals surface area (Å²) in [5.41, 5.74) is 4.45. The van der Waals surface area contributed by atoms with E-state index in [4.69, 9.17) is 4.74 Å². The summed E-state index contributed by atoms with van der Waals surface area (Å²) in [7, 11) is 0. The van der Waals surface area contributed by atoms with Crippen LogP contribution >= 0.6 is 0 Å². The van der Waals surface area contributed by atoms with Gasteiger partial charge in [-0.2, -0.15) is 0 Å². The number of likely N-dealkylation sites (tertiary alicyclic amines) is 1. The molecule has 7 heteroatoms. The molecule has 194 valence electrons. The molecule has 1 aromatic heterocycles. The zero-order chi connectivity index (χ0) is 25.3. The Hall–Kier alpha value is -2.96. The molecule has 3 heterocycles. The molecule has 7 nitrogen and oxygen atoms in total. The summed E-state index contributed by atoms with van der Waals surface area (Å²) in [5.74, 6) is -0.215. The standard InChI is InChI=1S/C29H40N4O3/c1-4-33-24-20-22(3)11-12-23(24)32-17-9-10-25(32)29(33)15-18-31(19-16-29)27(35)30-28(13-7-6-8-14-28)21-26(34)36-5-2/h9-12,17,20H,4-8,13-16,18-19,21H2,1-3H3,(H,30,35). The molecule has 1 saturated heterocycles. The number of aromatic nitrogens is 1. The highest BCUT2D eigenvalue weighted by Gasteiger charge is 2.47. The Kier molecular flexibility index (Phi) is 6.75. The third-order valence-corrected chi connectivity index (χ3v) is 8.59. The Balaban J connectivity index is 1.35. The SMILES string of the molecule is CCOC(=O)CC1(NC(=O)N2CCC3(CC2)c2cccn2-c2ccc(C)cc2N3CC)CCCCC1. The first kappa shape index (κ1) is 24.7. The van der Waals surface area contributed by atoms with Gasteiger partial charge < -0.3 is 24.4 Å². The number of urea groups is 1. The molecule has 2 fully saturated rings. The van der Waals surface area contributed by atoms with Gasteiger partial charge >= 0.3 is 12.0 Å². The Morgan fingerprint density at radius 2 is 1.75 bits per heavy atom. The highest BCUT2D eigenvalue weighted by Crippen LogP contribution is 2.48. The van der Waals surface area contributed by atoms with E-state index in [9.17, 15) is 9.59 Å². The van der Waals surface area contributed by atoms with Crippen LogP contribution in [0.25, 0.3) is 5.69 Å². The van der Waals surface area contributed by atoms with Gasteiger partial charge in [0.2, 0.25) is 0 Å². The number of nitrogens with one attached hydrogen (secondary N) is 1. The number of carbonyl (C=O) groups excluding carboxylic acids is 2. The van der Waals surface area contributed by atoms with Crippen LogP contribution in [0.2, 0.25) is 0 Å². The fourth-order valence-electron chi connectivity index (χ4n) is 6.84. The van der Waals surface area contributed by atoms with Crippen molar-refractivity contribution in [3.05, 3.63) is 47.8 Å². The summed E-state index contributed by atoms with van der Waals surface area (Å²) in [6, 6.07) is 11.0. The number of benzene rings is 1. The highest BCUT2D eigenvalue weighted by molar-refractivity contribution is 5.78. The fraction of sp³-hybridized carbons (Fsp3) is 0.586. The summed E-state index contributed by atoms with van der Waals surface area (Å²) >= 11 is 0. The lowest BCUT2D eigenvalue weighted by atomic mass is 9.79. The van der Waals surface area contributed by atoms with Gasteiger partial charge in [-0.3, -0.25) is 4.79 Å². The molecular weight excluding hydrogens is 452 g/mol. The minimum absolute atomic E-state index is 0.0402. The maximum absolute atomic E-state index is 13.5. The van der Waals surface area contributed by atoms with E-state index in [-0.39, 0.29) is 24.0 Å². The molecule has 1 N–H and O–H groups in total. The summed E-state index contributed by atoms with van der Waals surface area (Å²) in [6.45, 7) is 8.86. The van der Waals surface area contributed by atoms with Crippen LogP contribution in [0.15, 0.2) is 36.5 Å². The molecule has 1 saturated carbocycles. The second-order valence-electron chi connectivity index (χ2n) is 10.8. The van der Waals surface area contributed by atoms with E-state index in [1.54, 1.807) is 0 Å². The van der Waals surface area contributed by atoms with Gasteiger partial charge in [0, 0.05) is 31.5 Å². The van der Waals surface area contributed by atoms with E-state index < -0.39 is 5.54 Å². The number of nitrogens with zero attached hydrogens (tertiary/aromatic N) is 3. The van der Waals surface area contributed by atoms with E-state index in [1.165, 1.54) is 22.6 Å². The number of amides is 2. The van der Waals surface area contributed by atoms with Crippen LogP contribution in [0.5, 0.6) is 0 Å². The largest absolute Gasteiger partial charge is 0.466 e. The lowest BCUT2D eigenvalue weighted by molar-refractivity contribution is -0.145. The van der Waals surface area contributed by atoms with Gasteiger partial charge in [-0.25, -0.2) is 4.79 Å². The Morgan fingerprint density at radius 1 is 1.00 bits per heavy atom. The molecule has 3 aliphatic rings. The third-order valence-electron chi connectivity index (χ3n) is 8.59. The van der Waals surface area contributed by atoms with Gasteiger partial charge in [0.15, 0.2) is 0 Å². The minimum Gasteiger partial charge on any atom is -0.466 e. The van der Waals surface area contributed by atoms with Crippen LogP contribution in [-0.4, -0.2) is 53.2 Å². The molecule has 1 aliphatic carbocycles. The predicted octanol–water partition coefficient (Wildman–Crippen LogP) is 5.28. The number of aryl methyl sites for hydroxylation is 1. The third kappa shape index (κ3) is 4.27. The van der Waals surface area contributed by atoms with E-state index in [0.717, 1.165) is 51.5 Å². The molecular formula is C29H40N4O3. The van der Waals surface area contributed by atoms with Crippen molar-refractivity contribution in [3.8, 4) is 5.69 Å². The average molecular weight is 493 g/mol. The zero-order valence-electron chi connectivity index (χ0n) is 22.0. The molecule has 0 unspecified atom stereocenters. The van der Waals surface area contributed by atoms with Crippen molar-refractivity contribution in [1.29, 1.82) is 0 Å². The number of carbonyl (C=O) groups is 2. The van der Waals surface area contributed by atoms with Gasteiger partial charge in [0.05, 0.1) is 35.5 Å². The second-order valence-corrected chi connectivity index (χ2v) is 10.8. The summed E-state index contributed by atoms with van der Waals surface area (Å²) in [6.07, 6.45) is 9.06. The van der Waals surface area contributed by atoms with Crippen molar-refractivity contribution in [2.75, 3.05) is 31.1 Å². The first-order valence-electron chi connectivity index (χ1n) is 13.7. The number of piperidine rings is 1. The van der Waals surface area contributed by atoms with Crippen LogP contribution in [0.4, 0.5) is 10.5 Å². The minimum atomic E-state index is -0.484. The van der Waals surface area contributed by atoms with Crippen molar-refractivity contribution in [1.82, 2.24) is 14.8 Å². The lowest BCUT2D eigenvalue weighted by Crippen LogP contribution is -2.60. The topological polar surface area (TPSA) is 66.8 Å². The summed E-state index contributed by atoms with van der Waals surface area (Å²) in [5, 5.41) is 3.31. The van der Waals surface area contributed by atoms with Gasteiger partial charge in [0.1, 0.15) is 0 Å². The van der Waals surface area contributed by atoms with E-state index in [2.05, 4.69) is 65.2 Å². The number of anilines is 1. The molecule has 0 atom stereocenters. The zero-order valence-corrected chi connectivity index (χ0v) is 22.0. The molecule has 1 aromatic carbocycles. The number of rotatable bonds is 5. The number of esters is 1. The maximum atomic E-state index is 13.5. The van der Waals surface area contributed by atoms with Crippen molar-refractivity contribution in [2.24, 2.45) is 0 Å². The fourth-order valence-corrected chi connectivity index (χ4v) is 6.84. The van der Waals surface area contributed by atoms with Crippen LogP contribution in [0, 0.1) is 6.92 Å². The molecule has 0 radical (unpaired) electrons. The van der Waals surface area contributed by atoms with Crippen LogP contribution in [0.1, 0.15) is 76.5 Å². The summed E-state index contributed by atoms with van der Waals surface area (Å²) < 4.78 is 7.59. The average Bonchev–Trinajstić information content (AvgIpc) is 3.36.